The van der Waals surface area contributed by atoms with Crippen molar-refractivity contribution in [3.63, 3.8) is 0 Å². The monoisotopic (exact) mass is 399 g/mol. The molecular formula is C22H20CoN4. The zero-order chi connectivity index (χ0) is 18.6. The average molecular weight is 399 g/mol. The number of hydrogen-bond donors (Lipinski definition) is 2. The van der Waals surface area contributed by atoms with E-state index in [1.807, 2.05) is 48.6 Å². The molecule has 137 valence electrons. The summed E-state index contributed by atoms with van der Waals surface area (Å²) in [5.41, 5.74) is 7.86. The summed E-state index contributed by atoms with van der Waals surface area (Å²) in [6.07, 6.45) is 8.09. The second-order valence-corrected chi connectivity index (χ2v) is 7.28. The van der Waals surface area contributed by atoms with Crippen molar-refractivity contribution in [2.45, 2.75) is 11.7 Å². The Labute approximate surface area is 164 Å². The third kappa shape index (κ3) is 4.27. The topological polar surface area (TPSA) is 57.4 Å². The molecule has 2 aliphatic heterocycles. The molecule has 0 unspecified atom stereocenters. The van der Waals surface area contributed by atoms with Gasteiger partial charge in [0.1, 0.15) is 0 Å². The van der Waals surface area contributed by atoms with E-state index in [1.54, 1.807) is 0 Å². The first-order chi connectivity index (χ1) is 13.2. The summed E-state index contributed by atoms with van der Waals surface area (Å²) in [4.78, 5) is 16.0. The quantitative estimate of drug-likeness (QED) is 0.345. The van der Waals surface area contributed by atoms with Crippen molar-refractivity contribution in [2.75, 3.05) is 0 Å². The fourth-order valence-corrected chi connectivity index (χ4v) is 2.94. The SMILES string of the molecule is C1=Cc2cc3ccc(cc4nc(cc5ccc(cc1n2)[nH]5)C=C4)[nH]3.[CH3][Co][CH3]. The fourth-order valence-electron chi connectivity index (χ4n) is 2.94. The second kappa shape index (κ2) is 7.78. The Morgan fingerprint density at radius 2 is 0.815 bits per heavy atom. The molecule has 5 heteroatoms. The van der Waals surface area contributed by atoms with Gasteiger partial charge in [0.15, 0.2) is 0 Å². The van der Waals surface area contributed by atoms with E-state index in [0.29, 0.717) is 0 Å². The van der Waals surface area contributed by atoms with Gasteiger partial charge in [-0.05, 0) is 72.8 Å². The number of aromatic nitrogens is 4. The number of fused-ring (bicyclic) bond motifs is 8. The Bertz CT molecular complexity index is 1010. The van der Waals surface area contributed by atoms with E-state index in [0.717, 1.165) is 44.8 Å². The van der Waals surface area contributed by atoms with Crippen molar-refractivity contribution >= 4 is 46.4 Å². The minimum absolute atomic E-state index is 0.939. The summed E-state index contributed by atoms with van der Waals surface area (Å²) in [6, 6.07) is 16.4. The fraction of sp³-hybridized carbons (Fsp3) is 0.0909. The van der Waals surface area contributed by atoms with Crippen molar-refractivity contribution in [1.82, 2.24) is 19.9 Å². The van der Waals surface area contributed by atoms with Gasteiger partial charge in [0.2, 0.25) is 0 Å². The van der Waals surface area contributed by atoms with E-state index < -0.39 is 0 Å². The molecule has 2 aliphatic rings. The number of nitrogens with one attached hydrogen (secondary N) is 2. The Morgan fingerprint density at radius 3 is 1.07 bits per heavy atom. The normalized spacial score (nSPS) is 12.1. The van der Waals surface area contributed by atoms with E-state index >= 15 is 0 Å². The van der Waals surface area contributed by atoms with Gasteiger partial charge in [-0.25, -0.2) is 9.97 Å². The van der Waals surface area contributed by atoms with E-state index in [9.17, 15) is 0 Å². The van der Waals surface area contributed by atoms with Crippen LogP contribution >= 0.6 is 0 Å². The zero-order valence-electron chi connectivity index (χ0n) is 15.2. The van der Waals surface area contributed by atoms with Crippen LogP contribution in [0.2, 0.25) is 11.7 Å². The standard InChI is InChI=1S/C20H14N4.2CH3.Co/c1-2-14-10-16-5-6-18(23-16)12-20-8-7-19(24-20)11-17-4-3-15(22-17)9-13(1)21-14;;;/h1-12,21,24H;2*1H3;. The van der Waals surface area contributed by atoms with Crippen molar-refractivity contribution in [3.8, 4) is 0 Å². The third-order valence-electron chi connectivity index (χ3n) is 4.04. The number of rotatable bonds is 0. The minimum atomic E-state index is 0.939. The van der Waals surface area contributed by atoms with Gasteiger partial charge in [-0.15, -0.1) is 0 Å². The van der Waals surface area contributed by atoms with Crippen LogP contribution in [0.4, 0.5) is 0 Å². The molecule has 4 nitrogen and oxygen atoms in total. The van der Waals surface area contributed by atoms with E-state index in [1.165, 1.54) is 14.7 Å². The third-order valence-corrected chi connectivity index (χ3v) is 4.04. The van der Waals surface area contributed by atoms with Gasteiger partial charge >= 0.3 is 26.4 Å². The molecule has 0 saturated carbocycles. The average Bonchev–Trinajstić information content (AvgIpc) is 3.41. The first-order valence-corrected chi connectivity index (χ1v) is 10.6. The predicted molar refractivity (Wildman–Crippen MR) is 111 cm³/mol. The molecular weight excluding hydrogens is 379 g/mol. The summed E-state index contributed by atoms with van der Waals surface area (Å²) >= 11 is 1.44. The van der Waals surface area contributed by atoms with Gasteiger partial charge in [0.05, 0.1) is 22.8 Å². The number of aromatic amines is 2. The molecule has 5 heterocycles. The molecule has 0 aliphatic carbocycles. The molecule has 0 spiro atoms. The van der Waals surface area contributed by atoms with Crippen LogP contribution in [-0.2, 0) is 14.7 Å². The van der Waals surface area contributed by atoms with Crippen LogP contribution in [0.5, 0.6) is 0 Å². The van der Waals surface area contributed by atoms with Crippen LogP contribution in [0.15, 0.2) is 48.5 Å². The Balaban J connectivity index is 0.000000565. The van der Waals surface area contributed by atoms with Crippen molar-refractivity contribution in [1.29, 1.82) is 0 Å². The maximum absolute atomic E-state index is 4.63. The van der Waals surface area contributed by atoms with Gasteiger partial charge in [-0.2, -0.15) is 0 Å². The molecule has 0 atom stereocenters. The Morgan fingerprint density at radius 1 is 0.556 bits per heavy atom. The summed E-state index contributed by atoms with van der Waals surface area (Å²) < 4.78 is 0. The first kappa shape index (κ1) is 17.5. The number of hydrogen-bond acceptors (Lipinski definition) is 2. The number of H-pyrrole nitrogens is 2. The molecule has 2 N–H and O–H groups in total. The van der Waals surface area contributed by atoms with Crippen molar-refractivity contribution in [3.05, 3.63) is 71.3 Å². The van der Waals surface area contributed by atoms with Crippen LogP contribution in [0.3, 0.4) is 0 Å². The summed E-state index contributed by atoms with van der Waals surface area (Å²) in [7, 11) is 0. The molecule has 3 aromatic heterocycles. The second-order valence-electron chi connectivity index (χ2n) is 6.24. The predicted octanol–water partition coefficient (Wildman–Crippen LogP) is 5.82. The van der Waals surface area contributed by atoms with Gasteiger partial charge in [0, 0.05) is 22.1 Å². The molecule has 5 rings (SSSR count). The summed E-state index contributed by atoms with van der Waals surface area (Å²) in [5.74, 6) is 4.19. The van der Waals surface area contributed by atoms with E-state index in [-0.39, 0.29) is 0 Å². The van der Waals surface area contributed by atoms with E-state index in [2.05, 4.69) is 55.9 Å². The van der Waals surface area contributed by atoms with Crippen molar-refractivity contribution < 1.29 is 14.7 Å². The molecule has 27 heavy (non-hydrogen) atoms. The molecule has 0 saturated heterocycles. The summed E-state index contributed by atoms with van der Waals surface area (Å²) in [5, 5.41) is 0. The Kier molecular flexibility index (Phi) is 5.05. The molecule has 3 aromatic rings. The van der Waals surface area contributed by atoms with Crippen LogP contribution in [0, 0.1) is 0 Å². The molecule has 0 aromatic carbocycles. The Hall–Kier alpha value is -2.89. The van der Waals surface area contributed by atoms with Gasteiger partial charge in [-0.1, -0.05) is 0 Å². The molecule has 0 amide bonds. The van der Waals surface area contributed by atoms with Gasteiger partial charge in [0.25, 0.3) is 0 Å². The zero-order valence-corrected chi connectivity index (χ0v) is 16.2. The van der Waals surface area contributed by atoms with Crippen LogP contribution in [-0.4, -0.2) is 19.9 Å². The maximum atomic E-state index is 4.63. The van der Waals surface area contributed by atoms with Crippen LogP contribution < -0.4 is 0 Å². The van der Waals surface area contributed by atoms with Crippen molar-refractivity contribution in [2.24, 2.45) is 0 Å². The van der Waals surface area contributed by atoms with Gasteiger partial charge < -0.3 is 9.97 Å². The molecule has 0 fully saturated rings. The van der Waals surface area contributed by atoms with Gasteiger partial charge in [-0.3, -0.25) is 0 Å². The summed E-state index contributed by atoms with van der Waals surface area (Å²) in [6.45, 7) is 0. The molecule has 0 radical (unpaired) electrons. The van der Waals surface area contributed by atoms with Crippen LogP contribution in [0.25, 0.3) is 46.4 Å². The van der Waals surface area contributed by atoms with E-state index in [4.69, 9.17) is 0 Å². The van der Waals surface area contributed by atoms with Crippen LogP contribution in [0.1, 0.15) is 22.8 Å². The first-order valence-electron chi connectivity index (χ1n) is 8.51. The molecule has 8 bridgehead atoms. The number of nitrogens with zero attached hydrogens (tertiary/aromatic N) is 2.